The van der Waals surface area contributed by atoms with E-state index in [2.05, 4.69) is 85.7 Å². The van der Waals surface area contributed by atoms with Gasteiger partial charge >= 0.3 is 0 Å². The lowest BCUT2D eigenvalue weighted by molar-refractivity contribution is 0.807. The highest BCUT2D eigenvalue weighted by Gasteiger charge is 2.18. The monoisotopic (exact) mass is 323 g/mol. The molecule has 2 aromatic rings. The zero-order chi connectivity index (χ0) is 18.9. The Morgan fingerprint density at radius 1 is 0.667 bits per heavy atom. The van der Waals surface area contributed by atoms with Crippen LogP contribution in [0.15, 0.2) is 36.4 Å². The van der Waals surface area contributed by atoms with Gasteiger partial charge in [0.25, 0.3) is 0 Å². The van der Waals surface area contributed by atoms with E-state index in [0.29, 0.717) is 29.7 Å². The van der Waals surface area contributed by atoms with Crippen LogP contribution >= 0.6 is 0 Å². The SMILES string of the molecule is [2H]c1c(-c2c(C(C)C)cc(C(C)C)cc2C(C)C)cccc1C(C)C. The average molecular weight is 324 g/mol. The molecule has 0 radical (unpaired) electrons. The molecular weight excluding hydrogens is 288 g/mol. The molecule has 0 aliphatic rings. The van der Waals surface area contributed by atoms with Crippen molar-refractivity contribution in [3.05, 3.63) is 58.6 Å². The van der Waals surface area contributed by atoms with Crippen LogP contribution in [0.25, 0.3) is 11.1 Å². The standard InChI is InChI=1S/C24H34/c1-15(2)19-10-9-11-20(12-19)24-22(17(5)6)13-21(16(3)4)14-23(24)18(7)8/h9-18H,1-8H3/i12D. The van der Waals surface area contributed by atoms with E-state index in [1.165, 1.54) is 22.3 Å². The minimum atomic E-state index is 0.368. The van der Waals surface area contributed by atoms with Gasteiger partial charge in [-0.2, -0.15) is 0 Å². The zero-order valence-corrected chi connectivity index (χ0v) is 16.7. The minimum absolute atomic E-state index is 0.368. The van der Waals surface area contributed by atoms with E-state index in [1.807, 2.05) is 0 Å². The topological polar surface area (TPSA) is 0 Å². The van der Waals surface area contributed by atoms with E-state index in [4.69, 9.17) is 1.37 Å². The molecule has 0 fully saturated rings. The minimum Gasteiger partial charge on any atom is -0.0614 e. The summed E-state index contributed by atoms with van der Waals surface area (Å²) in [4.78, 5) is 0. The lowest BCUT2D eigenvalue weighted by Gasteiger charge is -2.23. The molecule has 0 aliphatic heterocycles. The molecule has 0 aromatic heterocycles. The summed E-state index contributed by atoms with van der Waals surface area (Å²) < 4.78 is 8.83. The van der Waals surface area contributed by atoms with Crippen LogP contribution in [0.5, 0.6) is 0 Å². The van der Waals surface area contributed by atoms with Crippen molar-refractivity contribution in [2.75, 3.05) is 0 Å². The Morgan fingerprint density at radius 3 is 1.58 bits per heavy atom. The molecule has 24 heavy (non-hydrogen) atoms. The first-order chi connectivity index (χ1) is 11.6. The third-order valence-corrected chi connectivity index (χ3v) is 4.84. The van der Waals surface area contributed by atoms with Crippen LogP contribution < -0.4 is 0 Å². The molecule has 0 bridgehead atoms. The highest BCUT2D eigenvalue weighted by atomic mass is 14.2. The first kappa shape index (κ1) is 17.3. The molecule has 0 amide bonds. The maximum absolute atomic E-state index is 8.83. The molecule has 0 heterocycles. The molecular formula is C24H34. The summed E-state index contributed by atoms with van der Waals surface area (Å²) in [5.41, 5.74) is 7.68. The van der Waals surface area contributed by atoms with Gasteiger partial charge in [0.2, 0.25) is 0 Å². The van der Waals surface area contributed by atoms with Crippen molar-refractivity contribution in [2.24, 2.45) is 0 Å². The molecule has 0 aliphatic carbocycles. The molecule has 0 unspecified atom stereocenters. The highest BCUT2D eigenvalue weighted by Crippen LogP contribution is 2.39. The Labute approximate surface area is 150 Å². The Balaban J connectivity index is 2.87. The lowest BCUT2D eigenvalue weighted by Crippen LogP contribution is -2.04. The van der Waals surface area contributed by atoms with Crippen molar-refractivity contribution >= 4 is 0 Å². The van der Waals surface area contributed by atoms with E-state index >= 15 is 0 Å². The second kappa shape index (κ2) is 7.55. The molecule has 0 nitrogen and oxygen atoms in total. The second-order valence-electron chi connectivity index (χ2n) is 8.21. The highest BCUT2D eigenvalue weighted by molar-refractivity contribution is 5.74. The summed E-state index contributed by atoms with van der Waals surface area (Å²) in [5.74, 6) is 1.76. The molecule has 0 saturated carbocycles. The average Bonchev–Trinajstić information content (AvgIpc) is 2.53. The second-order valence-corrected chi connectivity index (χ2v) is 8.21. The van der Waals surface area contributed by atoms with Gasteiger partial charge in [-0.3, -0.25) is 0 Å². The summed E-state index contributed by atoms with van der Waals surface area (Å²) in [5, 5.41) is 0. The summed E-state index contributed by atoms with van der Waals surface area (Å²) in [7, 11) is 0. The molecule has 2 aromatic carbocycles. The number of rotatable bonds is 5. The fourth-order valence-electron chi connectivity index (χ4n) is 3.24. The van der Waals surface area contributed by atoms with Crippen LogP contribution in [-0.4, -0.2) is 0 Å². The van der Waals surface area contributed by atoms with Gasteiger partial charge in [0.05, 0.1) is 1.37 Å². The zero-order valence-electron chi connectivity index (χ0n) is 17.7. The third kappa shape index (κ3) is 3.91. The summed E-state index contributed by atoms with van der Waals surface area (Å²) >= 11 is 0. The Kier molecular flexibility index (Phi) is 5.43. The fourth-order valence-corrected chi connectivity index (χ4v) is 3.24. The van der Waals surface area contributed by atoms with Gasteiger partial charge in [-0.15, -0.1) is 0 Å². The summed E-state index contributed by atoms with van der Waals surface area (Å²) in [6, 6.07) is 11.8. The number of benzene rings is 2. The summed E-state index contributed by atoms with van der Waals surface area (Å²) in [6.45, 7) is 17.9. The van der Waals surface area contributed by atoms with E-state index in [1.54, 1.807) is 0 Å². The quantitative estimate of drug-likeness (QED) is 0.525. The van der Waals surface area contributed by atoms with E-state index in [0.717, 1.165) is 11.1 Å². The predicted octanol–water partition coefficient (Wildman–Crippen LogP) is 7.85. The molecule has 2 rings (SSSR count). The molecule has 0 saturated heterocycles. The van der Waals surface area contributed by atoms with Gasteiger partial charge in [0, 0.05) is 0 Å². The van der Waals surface area contributed by atoms with Gasteiger partial charge in [0.1, 0.15) is 0 Å². The van der Waals surface area contributed by atoms with Crippen molar-refractivity contribution in [1.82, 2.24) is 0 Å². The van der Waals surface area contributed by atoms with Crippen molar-refractivity contribution < 1.29 is 1.37 Å². The summed E-state index contributed by atoms with van der Waals surface area (Å²) in [6.07, 6.45) is 0. The molecule has 0 spiro atoms. The first-order valence-electron chi connectivity index (χ1n) is 9.92. The molecule has 0 N–H and O–H groups in total. The number of hydrogen-bond acceptors (Lipinski definition) is 0. The Hall–Kier alpha value is -1.56. The number of hydrogen-bond donors (Lipinski definition) is 0. The van der Waals surface area contributed by atoms with Gasteiger partial charge < -0.3 is 0 Å². The molecule has 130 valence electrons. The van der Waals surface area contributed by atoms with Gasteiger partial charge in [0.15, 0.2) is 0 Å². The van der Waals surface area contributed by atoms with Crippen molar-refractivity contribution in [2.45, 2.75) is 79.1 Å². The van der Waals surface area contributed by atoms with Crippen LogP contribution in [0.1, 0.15) is 103 Å². The lowest BCUT2D eigenvalue weighted by atomic mass is 9.81. The van der Waals surface area contributed by atoms with Crippen LogP contribution in [0.3, 0.4) is 0 Å². The molecule has 0 heteroatoms. The van der Waals surface area contributed by atoms with Gasteiger partial charge in [-0.25, -0.2) is 0 Å². The maximum Gasteiger partial charge on any atom is 0.0632 e. The smallest absolute Gasteiger partial charge is 0.0614 e. The van der Waals surface area contributed by atoms with E-state index < -0.39 is 0 Å². The van der Waals surface area contributed by atoms with Crippen LogP contribution in [-0.2, 0) is 0 Å². The van der Waals surface area contributed by atoms with E-state index in [-0.39, 0.29) is 0 Å². The molecule has 0 atom stereocenters. The first-order valence-corrected chi connectivity index (χ1v) is 9.42. The van der Waals surface area contributed by atoms with Crippen molar-refractivity contribution in [3.8, 4) is 11.1 Å². The Morgan fingerprint density at radius 2 is 1.17 bits per heavy atom. The third-order valence-electron chi connectivity index (χ3n) is 4.84. The van der Waals surface area contributed by atoms with Gasteiger partial charge in [-0.05, 0) is 57.1 Å². The largest absolute Gasteiger partial charge is 0.0632 e. The Bertz CT molecular complexity index is 707. The van der Waals surface area contributed by atoms with Crippen LogP contribution in [0, 0.1) is 0 Å². The van der Waals surface area contributed by atoms with E-state index in [9.17, 15) is 0 Å². The maximum atomic E-state index is 8.83. The van der Waals surface area contributed by atoms with Gasteiger partial charge in [-0.1, -0.05) is 91.8 Å². The van der Waals surface area contributed by atoms with Crippen LogP contribution in [0.4, 0.5) is 0 Å². The normalized spacial score (nSPS) is 12.6. The fraction of sp³-hybridized carbons (Fsp3) is 0.500. The van der Waals surface area contributed by atoms with Crippen molar-refractivity contribution in [3.63, 3.8) is 0 Å². The predicted molar refractivity (Wildman–Crippen MR) is 108 cm³/mol. The van der Waals surface area contributed by atoms with Crippen molar-refractivity contribution in [1.29, 1.82) is 0 Å². The van der Waals surface area contributed by atoms with Crippen LogP contribution in [0.2, 0.25) is 0 Å².